The van der Waals surface area contributed by atoms with Crippen molar-refractivity contribution in [2.24, 2.45) is 10.7 Å². The van der Waals surface area contributed by atoms with Gasteiger partial charge in [-0.1, -0.05) is 54.6 Å². The predicted octanol–water partition coefficient (Wildman–Crippen LogP) is 4.80. The number of benzene rings is 3. The van der Waals surface area contributed by atoms with E-state index in [9.17, 15) is 24.9 Å². The molecule has 0 radical (unpaired) electrons. The lowest BCUT2D eigenvalue weighted by Gasteiger charge is -2.34. The number of rotatable bonds is 13. The molecule has 2 N–H and O–H groups in total. The van der Waals surface area contributed by atoms with Gasteiger partial charge in [0.25, 0.3) is 0 Å². The van der Waals surface area contributed by atoms with Crippen molar-refractivity contribution in [2.45, 2.75) is 38.0 Å². The van der Waals surface area contributed by atoms with E-state index in [1.165, 1.54) is 24.3 Å². The quantitative estimate of drug-likeness (QED) is 0.0914. The Balaban J connectivity index is 2.11. The van der Waals surface area contributed by atoms with E-state index < -0.39 is 62.5 Å². The lowest BCUT2D eigenvalue weighted by atomic mass is 10.1. The number of nitriles is 2. The zero-order chi connectivity index (χ0) is 32.8. The molecule has 0 aliphatic heterocycles. The van der Waals surface area contributed by atoms with Crippen molar-refractivity contribution in [1.29, 1.82) is 10.5 Å². The maximum Gasteiger partial charge on any atom is 0.338 e. The summed E-state index contributed by atoms with van der Waals surface area (Å²) in [6.07, 6.45) is -3.09. The van der Waals surface area contributed by atoms with E-state index in [-0.39, 0.29) is 16.7 Å². The zero-order valence-corrected chi connectivity index (χ0v) is 26.0. The molecule has 0 bridgehead atoms. The maximum absolute atomic E-state index is 13.4. The molecule has 0 spiro atoms. The summed E-state index contributed by atoms with van der Waals surface area (Å²) < 4.78 is 23.7. The summed E-state index contributed by atoms with van der Waals surface area (Å²) in [5.41, 5.74) is 5.34. The van der Waals surface area contributed by atoms with Gasteiger partial charge in [-0.05, 0) is 56.0 Å². The molecule has 0 fully saturated rings. The number of esters is 3. The monoisotopic (exact) mass is 624 g/mol. The highest BCUT2D eigenvalue weighted by atomic mass is 28.4. The number of carbonyl (C=O) groups is 3. The molecule has 3 aromatic carbocycles. The number of carbonyl (C=O) groups excluding carboxylic acids is 3. The van der Waals surface area contributed by atoms with Crippen LogP contribution in [0.2, 0.25) is 19.6 Å². The Morgan fingerprint density at radius 3 is 1.69 bits per heavy atom. The average molecular weight is 625 g/mol. The lowest BCUT2D eigenvalue weighted by molar-refractivity contribution is -0.0719. The molecule has 0 saturated carbocycles. The minimum Gasteiger partial charge on any atom is -0.459 e. The van der Waals surface area contributed by atoms with Crippen LogP contribution in [0.5, 0.6) is 0 Å². The van der Waals surface area contributed by atoms with Crippen LogP contribution in [0.25, 0.3) is 0 Å². The van der Waals surface area contributed by atoms with Crippen LogP contribution in [0.3, 0.4) is 0 Å². The predicted molar refractivity (Wildman–Crippen MR) is 167 cm³/mol. The molecule has 0 aliphatic rings. The second kappa shape index (κ2) is 16.3. The Morgan fingerprint density at radius 1 is 0.778 bits per heavy atom. The highest BCUT2D eigenvalue weighted by molar-refractivity contribution is 6.69. The van der Waals surface area contributed by atoms with Crippen LogP contribution in [0.1, 0.15) is 31.1 Å². The van der Waals surface area contributed by atoms with Crippen LogP contribution in [-0.2, 0) is 18.6 Å². The minimum absolute atomic E-state index is 0.176. The third-order valence-corrected chi connectivity index (χ3v) is 6.93. The molecule has 3 aromatic rings. The molecular weight excluding hydrogens is 592 g/mol. The number of nitrogens with zero attached hydrogens (tertiary/aromatic N) is 3. The molecule has 3 atom stereocenters. The van der Waals surface area contributed by atoms with E-state index in [4.69, 9.17) is 24.4 Å². The van der Waals surface area contributed by atoms with Crippen LogP contribution in [0, 0.1) is 22.7 Å². The second-order valence-corrected chi connectivity index (χ2v) is 14.9. The first-order chi connectivity index (χ1) is 21.5. The largest absolute Gasteiger partial charge is 0.459 e. The van der Waals surface area contributed by atoms with Crippen molar-refractivity contribution in [1.82, 2.24) is 0 Å². The Morgan fingerprint density at radius 2 is 1.24 bits per heavy atom. The Bertz CT molecular complexity index is 1610. The van der Waals surface area contributed by atoms with Crippen molar-refractivity contribution < 1.29 is 33.0 Å². The van der Waals surface area contributed by atoms with Crippen molar-refractivity contribution in [3.63, 3.8) is 0 Å². The Labute approximate surface area is 262 Å². The highest BCUT2D eigenvalue weighted by Crippen LogP contribution is 2.21. The highest BCUT2D eigenvalue weighted by Gasteiger charge is 2.39. The topological polar surface area (TPSA) is 174 Å². The van der Waals surface area contributed by atoms with E-state index in [0.29, 0.717) is 0 Å². The van der Waals surface area contributed by atoms with Gasteiger partial charge in [-0.15, -0.1) is 0 Å². The number of nitrogens with two attached hydrogens (primary N) is 1. The van der Waals surface area contributed by atoms with Crippen molar-refractivity contribution in [3.8, 4) is 12.1 Å². The second-order valence-electron chi connectivity index (χ2n) is 10.5. The number of hydrogen-bond acceptors (Lipinski definition) is 11. The number of hydrogen-bond donors (Lipinski definition) is 1. The maximum atomic E-state index is 13.4. The molecule has 0 heterocycles. The fourth-order valence-electron chi connectivity index (χ4n) is 3.89. The zero-order valence-electron chi connectivity index (χ0n) is 25.0. The SMILES string of the molecule is C[Si](C)(C)O[C@@H](COC(=O)c1ccccc1)[C@@H](OC(=O)c1ccccc1)[C@H](C=N/C(C#N)=C(\N)C#N)OC(=O)c1ccccc1. The van der Waals surface area contributed by atoms with Gasteiger partial charge in [0, 0.05) is 0 Å². The summed E-state index contributed by atoms with van der Waals surface area (Å²) in [6.45, 7) is 5.22. The third kappa shape index (κ3) is 10.6. The first-order valence-corrected chi connectivity index (χ1v) is 17.2. The van der Waals surface area contributed by atoms with Gasteiger partial charge in [0.15, 0.2) is 26.2 Å². The van der Waals surface area contributed by atoms with Crippen LogP contribution >= 0.6 is 0 Å². The molecule has 11 nitrogen and oxygen atoms in total. The van der Waals surface area contributed by atoms with Crippen LogP contribution in [0.15, 0.2) is 107 Å². The van der Waals surface area contributed by atoms with E-state index >= 15 is 0 Å². The van der Waals surface area contributed by atoms with Crippen molar-refractivity contribution in [3.05, 3.63) is 119 Å². The van der Waals surface area contributed by atoms with Gasteiger partial charge >= 0.3 is 17.9 Å². The molecule has 12 heteroatoms. The summed E-state index contributed by atoms with van der Waals surface area (Å²) in [5, 5.41) is 18.7. The fraction of sp³-hybridized carbons (Fsp3) is 0.212. The molecule has 45 heavy (non-hydrogen) atoms. The first-order valence-electron chi connectivity index (χ1n) is 13.8. The summed E-state index contributed by atoms with van der Waals surface area (Å²) in [6, 6.07) is 27.7. The van der Waals surface area contributed by atoms with Gasteiger partial charge < -0.3 is 24.4 Å². The number of allylic oxidation sites excluding steroid dienone is 2. The summed E-state index contributed by atoms with van der Waals surface area (Å²) in [7, 11) is -2.48. The Kier molecular flexibility index (Phi) is 12.3. The number of aliphatic imine (C=N–C) groups is 1. The van der Waals surface area contributed by atoms with E-state index in [0.717, 1.165) is 6.21 Å². The minimum atomic E-state index is -2.48. The normalized spacial score (nSPS) is 13.7. The summed E-state index contributed by atoms with van der Waals surface area (Å²) in [4.78, 5) is 43.6. The molecule has 0 aliphatic carbocycles. The van der Waals surface area contributed by atoms with Crippen molar-refractivity contribution in [2.75, 3.05) is 6.61 Å². The number of ether oxygens (including phenoxy) is 3. The van der Waals surface area contributed by atoms with E-state index in [2.05, 4.69) is 4.99 Å². The first kappa shape index (κ1) is 33.9. The molecule has 0 unspecified atom stereocenters. The van der Waals surface area contributed by atoms with E-state index in [1.807, 2.05) is 19.6 Å². The van der Waals surface area contributed by atoms with Crippen LogP contribution in [0.4, 0.5) is 0 Å². The molecule has 0 amide bonds. The molecule has 3 rings (SSSR count). The van der Waals surface area contributed by atoms with Gasteiger partial charge in [-0.25, -0.2) is 19.4 Å². The Hall–Kier alpha value is -5.56. The van der Waals surface area contributed by atoms with Gasteiger partial charge in [-0.3, -0.25) is 0 Å². The standard InChI is InChI=1S/C33H32N4O7Si/c1-45(2,3)44-29(22-41-31(38)23-13-7-4-8-14-23)30(43-33(40)25-17-11-6-12-18-25)28(21-37-27(20-35)26(36)19-34)42-32(39)24-15-9-5-10-16-24/h4-18,21,28-30H,22,36H2,1-3H3/b27-26-,37-21?/t28-,29-,30-/m0/s1. The molecule has 0 aromatic heterocycles. The smallest absolute Gasteiger partial charge is 0.338 e. The summed E-state index contributed by atoms with van der Waals surface area (Å²) >= 11 is 0. The molecule has 230 valence electrons. The van der Waals surface area contributed by atoms with E-state index in [1.54, 1.807) is 78.9 Å². The van der Waals surface area contributed by atoms with Crippen molar-refractivity contribution >= 4 is 32.4 Å². The van der Waals surface area contributed by atoms with Gasteiger partial charge in [0.2, 0.25) is 0 Å². The lowest BCUT2D eigenvalue weighted by Crippen LogP contribution is -2.51. The van der Waals surface area contributed by atoms with Gasteiger partial charge in [0.1, 0.15) is 30.5 Å². The third-order valence-electron chi connectivity index (χ3n) is 5.92. The molecular formula is C33H32N4O7Si. The van der Waals surface area contributed by atoms with Gasteiger partial charge in [-0.2, -0.15) is 10.5 Å². The molecule has 0 saturated heterocycles. The fourth-order valence-corrected chi connectivity index (χ4v) is 5.00. The van der Waals surface area contributed by atoms with Crippen LogP contribution < -0.4 is 5.73 Å². The summed E-state index contributed by atoms with van der Waals surface area (Å²) in [5.74, 6) is -2.26. The van der Waals surface area contributed by atoms with Crippen LogP contribution in [-0.4, -0.2) is 57.4 Å². The van der Waals surface area contributed by atoms with Gasteiger partial charge in [0.05, 0.1) is 22.9 Å². The average Bonchev–Trinajstić information content (AvgIpc) is 3.05.